The van der Waals surface area contributed by atoms with Gasteiger partial charge in [-0.2, -0.15) is 0 Å². The molecule has 0 fully saturated rings. The first kappa shape index (κ1) is 18.6. The molecule has 0 aromatic heterocycles. The maximum Gasteiger partial charge on any atom is 0.339 e. The number of carbonyl (C=O) groups excluding carboxylic acids is 1. The van der Waals surface area contributed by atoms with Gasteiger partial charge in [0.1, 0.15) is 6.10 Å². The van der Waals surface area contributed by atoms with Crippen LogP contribution in [0.1, 0.15) is 34.6 Å². The highest BCUT2D eigenvalue weighted by atomic mass is 32.2. The van der Waals surface area contributed by atoms with Gasteiger partial charge in [0.15, 0.2) is 0 Å². The lowest BCUT2D eigenvalue weighted by molar-refractivity contribution is 0.0399. The number of ether oxygens (including phenoxy) is 1. The Morgan fingerprint density at radius 1 is 1.04 bits per heavy atom. The zero-order chi connectivity index (χ0) is 18.4. The Morgan fingerprint density at radius 2 is 1.60 bits per heavy atom. The average Bonchev–Trinajstić information content (AvgIpc) is 2.62. The highest BCUT2D eigenvalue weighted by Crippen LogP contribution is 2.16. The number of aromatic carboxylic acids is 1. The zero-order valence-corrected chi connectivity index (χ0v) is 14.7. The predicted molar refractivity (Wildman–Crippen MR) is 94.9 cm³/mol. The molecule has 0 saturated heterocycles. The number of carbonyl (C=O) groups is 2. The molecule has 2 aromatic rings. The van der Waals surface area contributed by atoms with E-state index in [4.69, 9.17) is 9.84 Å². The van der Waals surface area contributed by atoms with Crippen LogP contribution in [0.4, 0.5) is 0 Å². The summed E-state index contributed by atoms with van der Waals surface area (Å²) in [5.41, 5.74) is 0.483. The van der Waals surface area contributed by atoms with Crippen molar-refractivity contribution >= 4 is 22.7 Å². The molecule has 0 unspecified atom stereocenters. The number of carboxylic acid groups (broad SMARTS) is 1. The van der Waals surface area contributed by atoms with Gasteiger partial charge in [-0.1, -0.05) is 30.3 Å². The van der Waals surface area contributed by atoms with E-state index in [1.807, 2.05) is 6.07 Å². The van der Waals surface area contributed by atoms with Gasteiger partial charge in [0.05, 0.1) is 21.9 Å². The van der Waals surface area contributed by atoms with Crippen molar-refractivity contribution in [3.05, 3.63) is 76.7 Å². The molecule has 6 heteroatoms. The van der Waals surface area contributed by atoms with Gasteiger partial charge in [-0.25, -0.2) is 13.8 Å². The molecule has 0 bridgehead atoms. The van der Waals surface area contributed by atoms with Crippen LogP contribution in [0.15, 0.2) is 70.5 Å². The van der Waals surface area contributed by atoms with Gasteiger partial charge in [0.25, 0.3) is 0 Å². The number of carboxylic acids is 1. The van der Waals surface area contributed by atoms with Gasteiger partial charge >= 0.3 is 11.9 Å². The first-order chi connectivity index (χ1) is 11.9. The summed E-state index contributed by atoms with van der Waals surface area (Å²) < 4.78 is 17.6. The van der Waals surface area contributed by atoms with Crippen molar-refractivity contribution in [3.63, 3.8) is 0 Å². The van der Waals surface area contributed by atoms with E-state index in [0.717, 1.165) is 0 Å². The molecule has 25 heavy (non-hydrogen) atoms. The van der Waals surface area contributed by atoms with Crippen LogP contribution < -0.4 is 0 Å². The highest BCUT2D eigenvalue weighted by Gasteiger charge is 2.20. The van der Waals surface area contributed by atoms with Crippen LogP contribution in [0.5, 0.6) is 0 Å². The molecule has 1 N–H and O–H groups in total. The Morgan fingerprint density at radius 3 is 2.20 bits per heavy atom. The molecule has 0 saturated carbocycles. The van der Waals surface area contributed by atoms with Crippen LogP contribution in [0.25, 0.3) is 0 Å². The molecular weight excluding hydrogens is 340 g/mol. The van der Waals surface area contributed by atoms with Crippen LogP contribution in [0, 0.1) is 0 Å². The first-order valence-electron chi connectivity index (χ1n) is 7.57. The van der Waals surface area contributed by atoms with E-state index in [1.54, 1.807) is 44.2 Å². The van der Waals surface area contributed by atoms with Gasteiger partial charge in [0, 0.05) is 10.3 Å². The quantitative estimate of drug-likeness (QED) is 0.798. The van der Waals surface area contributed by atoms with E-state index >= 15 is 0 Å². The second-order valence-electron chi connectivity index (χ2n) is 5.37. The summed E-state index contributed by atoms with van der Waals surface area (Å²) in [5.74, 6) is -1.93. The Bertz CT molecular complexity index is 827. The number of benzene rings is 2. The molecule has 2 rings (SSSR count). The highest BCUT2D eigenvalue weighted by molar-refractivity contribution is 7.88. The van der Waals surface area contributed by atoms with Gasteiger partial charge < -0.3 is 9.84 Å². The molecule has 2 atom stereocenters. The van der Waals surface area contributed by atoms with Crippen molar-refractivity contribution in [2.75, 3.05) is 0 Å². The topological polar surface area (TPSA) is 80.7 Å². The fraction of sp³-hybridized carbons (Fsp3) is 0.158. The van der Waals surface area contributed by atoms with Crippen LogP contribution in [0.3, 0.4) is 0 Å². The van der Waals surface area contributed by atoms with Gasteiger partial charge in [-0.15, -0.1) is 0 Å². The van der Waals surface area contributed by atoms with Crippen molar-refractivity contribution < 1.29 is 23.6 Å². The first-order valence-corrected chi connectivity index (χ1v) is 8.78. The summed E-state index contributed by atoms with van der Waals surface area (Å²) in [5, 5.41) is 10.7. The Labute approximate surface area is 148 Å². The SMILES string of the molecule is C/C(=C\[S@@](=O)c1ccccc1)[C@H](C)OC(=O)c1ccccc1C(=O)O. The van der Waals surface area contributed by atoms with Gasteiger partial charge in [-0.3, -0.25) is 0 Å². The molecule has 0 radical (unpaired) electrons. The number of esters is 1. The molecule has 0 amide bonds. The van der Waals surface area contributed by atoms with Crippen molar-refractivity contribution in [1.29, 1.82) is 0 Å². The fourth-order valence-electron chi connectivity index (χ4n) is 2.05. The van der Waals surface area contributed by atoms with Crippen molar-refractivity contribution in [3.8, 4) is 0 Å². The summed E-state index contributed by atoms with van der Waals surface area (Å²) in [7, 11) is -1.35. The lowest BCUT2D eigenvalue weighted by Gasteiger charge is -2.15. The van der Waals surface area contributed by atoms with Crippen LogP contribution in [0.2, 0.25) is 0 Å². The minimum Gasteiger partial charge on any atom is -0.478 e. The van der Waals surface area contributed by atoms with Gasteiger partial charge in [-0.05, 0) is 43.7 Å². The second kappa shape index (κ2) is 8.39. The molecule has 0 aliphatic heterocycles. The summed E-state index contributed by atoms with van der Waals surface area (Å²) >= 11 is 0. The molecule has 5 nitrogen and oxygen atoms in total. The minimum atomic E-state index is -1.35. The normalized spacial score (nSPS) is 13.8. The Balaban J connectivity index is 2.12. The summed E-state index contributed by atoms with van der Waals surface area (Å²) in [6, 6.07) is 14.8. The number of rotatable bonds is 6. The minimum absolute atomic E-state index is 0.0150. The Hall–Kier alpha value is -2.73. The number of hydrogen-bond donors (Lipinski definition) is 1. The third kappa shape index (κ3) is 4.87. The van der Waals surface area contributed by atoms with Crippen molar-refractivity contribution in [2.45, 2.75) is 24.8 Å². The zero-order valence-electron chi connectivity index (χ0n) is 13.8. The summed E-state index contributed by atoms with van der Waals surface area (Å²) in [4.78, 5) is 24.1. The Kier molecular flexibility index (Phi) is 6.25. The van der Waals surface area contributed by atoms with Gasteiger partial charge in [0.2, 0.25) is 0 Å². The second-order valence-corrected chi connectivity index (χ2v) is 6.67. The van der Waals surface area contributed by atoms with E-state index < -0.39 is 28.8 Å². The molecule has 0 aliphatic carbocycles. The maximum atomic E-state index is 12.3. The summed E-state index contributed by atoms with van der Waals surface area (Å²) in [6.45, 7) is 3.36. The monoisotopic (exact) mass is 358 g/mol. The van der Waals surface area contributed by atoms with E-state index in [2.05, 4.69) is 0 Å². The van der Waals surface area contributed by atoms with E-state index in [9.17, 15) is 13.8 Å². The molecule has 2 aromatic carbocycles. The third-order valence-electron chi connectivity index (χ3n) is 3.57. The average molecular weight is 358 g/mol. The molecule has 0 heterocycles. The molecule has 0 spiro atoms. The predicted octanol–water partition coefficient (Wildman–Crippen LogP) is 3.64. The fourth-order valence-corrected chi connectivity index (χ4v) is 3.14. The largest absolute Gasteiger partial charge is 0.478 e. The van der Waals surface area contributed by atoms with E-state index in [0.29, 0.717) is 10.5 Å². The number of hydrogen-bond acceptors (Lipinski definition) is 4. The van der Waals surface area contributed by atoms with E-state index in [1.165, 1.54) is 23.6 Å². The standard InChI is InChI=1S/C19H18O5S/c1-13(12-25(23)15-8-4-3-5-9-15)14(2)24-19(22)17-11-7-6-10-16(17)18(20)21/h3-12,14H,1-2H3,(H,20,21)/b13-12+/t14-,25+/m0/s1. The molecule has 0 aliphatic rings. The smallest absolute Gasteiger partial charge is 0.339 e. The molecule has 130 valence electrons. The third-order valence-corrected chi connectivity index (χ3v) is 4.89. The maximum absolute atomic E-state index is 12.3. The van der Waals surface area contributed by atoms with Crippen LogP contribution >= 0.6 is 0 Å². The van der Waals surface area contributed by atoms with E-state index in [-0.39, 0.29) is 11.1 Å². The summed E-state index contributed by atoms with van der Waals surface area (Å²) in [6.07, 6.45) is -0.637. The lowest BCUT2D eigenvalue weighted by Crippen LogP contribution is -2.19. The van der Waals surface area contributed by atoms with Crippen LogP contribution in [-0.4, -0.2) is 27.4 Å². The van der Waals surface area contributed by atoms with Crippen molar-refractivity contribution in [1.82, 2.24) is 0 Å². The molecular formula is C19H18O5S. The lowest BCUT2D eigenvalue weighted by atomic mass is 10.1. The van der Waals surface area contributed by atoms with Crippen LogP contribution in [-0.2, 0) is 15.5 Å². The van der Waals surface area contributed by atoms with Crippen molar-refractivity contribution in [2.24, 2.45) is 0 Å².